The molecule has 0 fully saturated rings. The Morgan fingerprint density at radius 2 is 2.00 bits per heavy atom. The highest BCUT2D eigenvalue weighted by Gasteiger charge is 2.30. The van der Waals surface area contributed by atoms with E-state index < -0.39 is 0 Å². The van der Waals surface area contributed by atoms with Crippen molar-refractivity contribution in [3.63, 3.8) is 0 Å². The van der Waals surface area contributed by atoms with Gasteiger partial charge in [0.2, 0.25) is 0 Å². The van der Waals surface area contributed by atoms with Crippen LogP contribution in [0.4, 0.5) is 0 Å². The van der Waals surface area contributed by atoms with Crippen molar-refractivity contribution >= 4 is 11.8 Å². The van der Waals surface area contributed by atoms with Crippen LogP contribution in [0.15, 0.2) is 22.8 Å². The minimum Gasteiger partial charge on any atom is -0.463 e. The highest BCUT2D eigenvalue weighted by Crippen LogP contribution is 2.37. The van der Waals surface area contributed by atoms with E-state index in [4.69, 9.17) is 4.74 Å². The molecule has 1 aliphatic carbocycles. The van der Waals surface area contributed by atoms with E-state index in [1.54, 1.807) is 13.8 Å². The van der Waals surface area contributed by atoms with Crippen LogP contribution in [0.25, 0.3) is 0 Å². The summed E-state index contributed by atoms with van der Waals surface area (Å²) in [5.74, 6) is -0.00440. The molecule has 0 aromatic carbocycles. The van der Waals surface area contributed by atoms with Gasteiger partial charge in [-0.1, -0.05) is 25.5 Å². The second kappa shape index (κ2) is 6.87. The van der Waals surface area contributed by atoms with Gasteiger partial charge in [-0.15, -0.1) is 0 Å². The molecular weight excluding hydrogens is 252 g/mol. The average Bonchev–Trinajstić information content (AvgIpc) is 2.31. The summed E-state index contributed by atoms with van der Waals surface area (Å²) >= 11 is 0. The number of Topliss-reactive ketones (excluding diaryl/α,β-unsaturated/α-hetero) is 1. The molecule has 1 aliphatic rings. The summed E-state index contributed by atoms with van der Waals surface area (Å²) in [6.07, 6.45) is 4.90. The van der Waals surface area contributed by atoms with Crippen molar-refractivity contribution in [3.8, 4) is 0 Å². The fourth-order valence-corrected chi connectivity index (χ4v) is 2.78. The molecule has 0 saturated heterocycles. The summed E-state index contributed by atoms with van der Waals surface area (Å²) in [7, 11) is 0. The second-order valence-corrected chi connectivity index (χ2v) is 6.35. The van der Waals surface area contributed by atoms with E-state index in [1.807, 2.05) is 6.08 Å². The van der Waals surface area contributed by atoms with Gasteiger partial charge in [-0.3, -0.25) is 4.79 Å². The number of rotatable bonds is 5. The zero-order chi connectivity index (χ0) is 15.3. The monoisotopic (exact) mass is 278 g/mol. The highest BCUT2D eigenvalue weighted by molar-refractivity contribution is 5.97. The van der Waals surface area contributed by atoms with Crippen molar-refractivity contribution in [2.75, 3.05) is 6.61 Å². The van der Waals surface area contributed by atoms with Crippen molar-refractivity contribution in [2.24, 2.45) is 5.41 Å². The molecular formula is C17H26O3. The van der Waals surface area contributed by atoms with Gasteiger partial charge < -0.3 is 4.74 Å². The summed E-state index contributed by atoms with van der Waals surface area (Å²) in [4.78, 5) is 23.6. The fraction of sp³-hybridized carbons (Fsp3) is 0.647. The normalized spacial score (nSPS) is 19.2. The van der Waals surface area contributed by atoms with Crippen LogP contribution >= 0.6 is 0 Å². The molecule has 20 heavy (non-hydrogen) atoms. The highest BCUT2D eigenvalue weighted by atomic mass is 16.5. The Kier molecular flexibility index (Phi) is 5.73. The zero-order valence-electron chi connectivity index (χ0n) is 13.3. The lowest BCUT2D eigenvalue weighted by Crippen LogP contribution is -2.25. The molecule has 3 heteroatoms. The molecule has 0 heterocycles. The smallest absolute Gasteiger partial charge is 0.333 e. The lowest BCUT2D eigenvalue weighted by Gasteiger charge is -2.31. The molecule has 0 N–H and O–H groups in total. The summed E-state index contributed by atoms with van der Waals surface area (Å²) in [6.45, 7) is 10.3. The summed E-state index contributed by atoms with van der Waals surface area (Å²) in [5.41, 5.74) is 2.86. The number of esters is 1. The molecule has 112 valence electrons. The van der Waals surface area contributed by atoms with Crippen molar-refractivity contribution in [2.45, 2.75) is 60.3 Å². The molecule has 0 unspecified atom stereocenters. The van der Waals surface area contributed by atoms with Crippen LogP contribution in [0.5, 0.6) is 0 Å². The van der Waals surface area contributed by atoms with Gasteiger partial charge in [-0.05, 0) is 51.0 Å². The SMILES string of the molecule is CCOC(=O)/C(C)=C\CCC1=C(C)CC(C)(C)CC1=O. The Labute approximate surface area is 122 Å². The van der Waals surface area contributed by atoms with Crippen LogP contribution in [0.3, 0.4) is 0 Å². The fourth-order valence-electron chi connectivity index (χ4n) is 2.78. The maximum atomic E-state index is 12.2. The zero-order valence-corrected chi connectivity index (χ0v) is 13.3. The topological polar surface area (TPSA) is 43.4 Å². The first-order chi connectivity index (χ1) is 9.26. The number of carbonyl (C=O) groups is 2. The third-order valence-corrected chi connectivity index (χ3v) is 3.68. The van der Waals surface area contributed by atoms with Crippen LogP contribution < -0.4 is 0 Å². The Morgan fingerprint density at radius 1 is 1.35 bits per heavy atom. The van der Waals surface area contributed by atoms with E-state index in [0.29, 0.717) is 25.0 Å². The molecule has 3 nitrogen and oxygen atoms in total. The molecule has 0 aromatic heterocycles. The van der Waals surface area contributed by atoms with Crippen LogP contribution in [0.1, 0.15) is 60.3 Å². The van der Waals surface area contributed by atoms with Crippen LogP contribution in [0, 0.1) is 5.41 Å². The quantitative estimate of drug-likeness (QED) is 0.564. The number of ketones is 1. The molecule has 0 spiro atoms. The Balaban J connectivity index is 2.64. The van der Waals surface area contributed by atoms with E-state index in [0.717, 1.165) is 18.4 Å². The number of hydrogen-bond acceptors (Lipinski definition) is 3. The molecule has 0 saturated carbocycles. The predicted octanol–water partition coefficient (Wildman–Crippen LogP) is 3.98. The van der Waals surface area contributed by atoms with E-state index in [2.05, 4.69) is 20.8 Å². The van der Waals surface area contributed by atoms with E-state index >= 15 is 0 Å². The Hall–Kier alpha value is -1.38. The summed E-state index contributed by atoms with van der Waals surface area (Å²) in [6, 6.07) is 0. The Morgan fingerprint density at radius 3 is 2.55 bits per heavy atom. The standard InChI is InChI=1S/C17H26O3/c1-6-20-16(19)12(2)8-7-9-14-13(3)10-17(4,5)11-15(14)18/h8H,6-7,9-11H2,1-5H3/b12-8-. The molecule has 0 atom stereocenters. The molecule has 0 aliphatic heterocycles. The van der Waals surface area contributed by atoms with Crippen molar-refractivity contribution < 1.29 is 14.3 Å². The predicted molar refractivity (Wildman–Crippen MR) is 80.3 cm³/mol. The molecule has 1 rings (SSSR count). The van der Waals surface area contributed by atoms with Gasteiger partial charge in [0.05, 0.1) is 6.61 Å². The number of ether oxygens (including phenoxy) is 1. The van der Waals surface area contributed by atoms with E-state index in [1.165, 1.54) is 5.57 Å². The first kappa shape index (κ1) is 16.7. The van der Waals surface area contributed by atoms with Crippen LogP contribution in [-0.2, 0) is 14.3 Å². The van der Waals surface area contributed by atoms with Crippen molar-refractivity contribution in [1.82, 2.24) is 0 Å². The number of allylic oxidation sites excluding steroid dienone is 3. The lowest BCUT2D eigenvalue weighted by atomic mass is 9.73. The molecule has 0 bridgehead atoms. The van der Waals surface area contributed by atoms with Gasteiger partial charge >= 0.3 is 5.97 Å². The number of hydrogen-bond donors (Lipinski definition) is 0. The van der Waals surface area contributed by atoms with E-state index in [9.17, 15) is 9.59 Å². The third-order valence-electron chi connectivity index (χ3n) is 3.68. The van der Waals surface area contributed by atoms with Crippen LogP contribution in [0.2, 0.25) is 0 Å². The van der Waals surface area contributed by atoms with Gasteiger partial charge in [-0.2, -0.15) is 0 Å². The van der Waals surface area contributed by atoms with Gasteiger partial charge in [0, 0.05) is 12.0 Å². The van der Waals surface area contributed by atoms with Gasteiger partial charge in [0.15, 0.2) is 5.78 Å². The van der Waals surface area contributed by atoms with Gasteiger partial charge in [-0.25, -0.2) is 4.79 Å². The van der Waals surface area contributed by atoms with Crippen LogP contribution in [-0.4, -0.2) is 18.4 Å². The molecule has 0 radical (unpaired) electrons. The maximum Gasteiger partial charge on any atom is 0.333 e. The number of carbonyl (C=O) groups excluding carboxylic acids is 2. The minimum absolute atomic E-state index is 0.0847. The molecule has 0 aromatic rings. The Bertz CT molecular complexity index is 453. The summed E-state index contributed by atoms with van der Waals surface area (Å²) in [5, 5.41) is 0. The lowest BCUT2D eigenvalue weighted by molar-refractivity contribution is -0.138. The average molecular weight is 278 g/mol. The van der Waals surface area contributed by atoms with E-state index in [-0.39, 0.29) is 17.2 Å². The van der Waals surface area contributed by atoms with Crippen molar-refractivity contribution in [3.05, 3.63) is 22.8 Å². The summed E-state index contributed by atoms with van der Waals surface area (Å²) < 4.78 is 4.93. The van der Waals surface area contributed by atoms with Gasteiger partial charge in [0.25, 0.3) is 0 Å². The second-order valence-electron chi connectivity index (χ2n) is 6.35. The third kappa shape index (κ3) is 4.62. The first-order valence-corrected chi connectivity index (χ1v) is 7.32. The first-order valence-electron chi connectivity index (χ1n) is 7.32. The van der Waals surface area contributed by atoms with Crippen molar-refractivity contribution in [1.29, 1.82) is 0 Å². The maximum absolute atomic E-state index is 12.2. The van der Waals surface area contributed by atoms with Gasteiger partial charge in [0.1, 0.15) is 0 Å². The minimum atomic E-state index is -0.269. The largest absolute Gasteiger partial charge is 0.463 e. The molecule has 0 amide bonds.